The first-order valence-corrected chi connectivity index (χ1v) is 6.49. The third-order valence-electron chi connectivity index (χ3n) is 3.63. The van der Waals surface area contributed by atoms with E-state index in [4.69, 9.17) is 16.2 Å². The van der Waals surface area contributed by atoms with E-state index in [-0.39, 0.29) is 12.4 Å². The van der Waals surface area contributed by atoms with Gasteiger partial charge in [-0.25, -0.2) is 0 Å². The molecule has 0 spiro atoms. The summed E-state index contributed by atoms with van der Waals surface area (Å²) in [7, 11) is 0. The van der Waals surface area contributed by atoms with Crippen LogP contribution in [0.15, 0.2) is 24.3 Å². The van der Waals surface area contributed by atoms with Gasteiger partial charge in [0.1, 0.15) is 5.84 Å². The van der Waals surface area contributed by atoms with Gasteiger partial charge in [-0.3, -0.25) is 10.3 Å². The quantitative estimate of drug-likeness (QED) is 0.524. The van der Waals surface area contributed by atoms with Crippen molar-refractivity contribution in [2.45, 2.75) is 31.8 Å². The lowest BCUT2D eigenvalue weighted by atomic mass is 9.91. The molecular formula is C14H21N3O. The molecule has 1 aromatic carbocycles. The molecule has 0 saturated heterocycles. The molecule has 0 heterocycles. The summed E-state index contributed by atoms with van der Waals surface area (Å²) in [5.74, 6) is 0.104. The van der Waals surface area contributed by atoms with Crippen LogP contribution in [0.3, 0.4) is 0 Å². The van der Waals surface area contributed by atoms with Gasteiger partial charge in [0.25, 0.3) is 0 Å². The van der Waals surface area contributed by atoms with Crippen LogP contribution in [-0.4, -0.2) is 35.0 Å². The van der Waals surface area contributed by atoms with E-state index in [1.54, 1.807) is 0 Å². The van der Waals surface area contributed by atoms with Crippen LogP contribution in [0.4, 0.5) is 0 Å². The Kier molecular flexibility index (Phi) is 4.33. The van der Waals surface area contributed by atoms with Gasteiger partial charge in [0, 0.05) is 24.7 Å². The Bertz CT molecular complexity index is 398. The fourth-order valence-electron chi connectivity index (χ4n) is 2.30. The van der Waals surface area contributed by atoms with Gasteiger partial charge in [-0.2, -0.15) is 0 Å². The average Bonchev–Trinajstić information content (AvgIpc) is 2.27. The number of amidine groups is 1. The van der Waals surface area contributed by atoms with E-state index in [9.17, 15) is 0 Å². The number of aliphatic hydroxyl groups is 1. The Balaban J connectivity index is 1.99. The van der Waals surface area contributed by atoms with Crippen LogP contribution in [0.25, 0.3) is 0 Å². The number of hydrogen-bond acceptors (Lipinski definition) is 3. The second kappa shape index (κ2) is 5.98. The monoisotopic (exact) mass is 247 g/mol. The molecule has 2 rings (SSSR count). The summed E-state index contributed by atoms with van der Waals surface area (Å²) in [5, 5.41) is 16.5. The van der Waals surface area contributed by atoms with Crippen molar-refractivity contribution in [2.75, 3.05) is 13.2 Å². The van der Waals surface area contributed by atoms with Crippen molar-refractivity contribution in [3.63, 3.8) is 0 Å². The summed E-state index contributed by atoms with van der Waals surface area (Å²) < 4.78 is 0. The Morgan fingerprint density at radius 3 is 2.44 bits per heavy atom. The molecule has 0 unspecified atom stereocenters. The normalized spacial score (nSPS) is 15.7. The van der Waals surface area contributed by atoms with E-state index in [0.29, 0.717) is 6.04 Å². The molecular weight excluding hydrogens is 226 g/mol. The SMILES string of the molecule is N=C(N)c1ccc(CN(CCO)C2CCC2)cc1. The Morgan fingerprint density at radius 1 is 1.33 bits per heavy atom. The van der Waals surface area contributed by atoms with Crippen LogP contribution in [-0.2, 0) is 6.54 Å². The van der Waals surface area contributed by atoms with Crippen molar-refractivity contribution in [3.05, 3.63) is 35.4 Å². The maximum atomic E-state index is 9.11. The van der Waals surface area contributed by atoms with E-state index in [2.05, 4.69) is 4.90 Å². The van der Waals surface area contributed by atoms with Crippen LogP contribution < -0.4 is 5.73 Å². The van der Waals surface area contributed by atoms with Crippen molar-refractivity contribution >= 4 is 5.84 Å². The van der Waals surface area contributed by atoms with Crippen molar-refractivity contribution in [2.24, 2.45) is 5.73 Å². The molecule has 4 nitrogen and oxygen atoms in total. The van der Waals surface area contributed by atoms with E-state index in [1.165, 1.54) is 24.8 Å². The predicted molar refractivity (Wildman–Crippen MR) is 72.6 cm³/mol. The zero-order valence-electron chi connectivity index (χ0n) is 10.6. The highest BCUT2D eigenvalue weighted by Gasteiger charge is 2.24. The van der Waals surface area contributed by atoms with E-state index in [0.717, 1.165) is 18.7 Å². The van der Waals surface area contributed by atoms with E-state index >= 15 is 0 Å². The van der Waals surface area contributed by atoms with Crippen LogP contribution in [0.5, 0.6) is 0 Å². The maximum Gasteiger partial charge on any atom is 0.122 e. The first-order valence-electron chi connectivity index (χ1n) is 6.49. The van der Waals surface area contributed by atoms with Gasteiger partial charge in [-0.05, 0) is 18.4 Å². The number of benzene rings is 1. The zero-order valence-corrected chi connectivity index (χ0v) is 10.6. The summed E-state index contributed by atoms with van der Waals surface area (Å²) in [6.07, 6.45) is 3.78. The Morgan fingerprint density at radius 2 is 2.00 bits per heavy atom. The standard InChI is InChI=1S/C14H21N3O/c15-14(16)12-6-4-11(5-7-12)10-17(8-9-18)13-2-1-3-13/h4-7,13,18H,1-3,8-10H2,(H3,15,16). The third kappa shape index (κ3) is 3.09. The highest BCUT2D eigenvalue weighted by Crippen LogP contribution is 2.25. The number of hydrogen-bond donors (Lipinski definition) is 3. The molecule has 1 fully saturated rings. The van der Waals surface area contributed by atoms with Crippen LogP contribution in [0, 0.1) is 5.41 Å². The fraction of sp³-hybridized carbons (Fsp3) is 0.500. The largest absolute Gasteiger partial charge is 0.395 e. The molecule has 1 aliphatic rings. The van der Waals surface area contributed by atoms with Crippen LogP contribution in [0.2, 0.25) is 0 Å². The van der Waals surface area contributed by atoms with E-state index < -0.39 is 0 Å². The summed E-state index contributed by atoms with van der Waals surface area (Å²) >= 11 is 0. The molecule has 0 aromatic heterocycles. The Hall–Kier alpha value is -1.39. The molecule has 0 amide bonds. The van der Waals surface area contributed by atoms with Gasteiger partial charge in [-0.1, -0.05) is 30.7 Å². The highest BCUT2D eigenvalue weighted by atomic mass is 16.3. The number of nitrogen functional groups attached to an aromatic ring is 1. The first kappa shape index (κ1) is 13.1. The molecule has 0 bridgehead atoms. The zero-order chi connectivity index (χ0) is 13.0. The molecule has 1 aliphatic carbocycles. The van der Waals surface area contributed by atoms with Gasteiger partial charge in [0.2, 0.25) is 0 Å². The molecule has 0 aliphatic heterocycles. The summed E-state index contributed by atoms with van der Waals surface area (Å²) in [6.45, 7) is 1.81. The minimum Gasteiger partial charge on any atom is -0.395 e. The molecule has 1 saturated carbocycles. The molecule has 1 aromatic rings. The minimum atomic E-state index is 0.104. The molecule has 4 N–H and O–H groups in total. The number of rotatable bonds is 6. The first-order chi connectivity index (χ1) is 8.70. The highest BCUT2D eigenvalue weighted by molar-refractivity contribution is 5.94. The maximum absolute atomic E-state index is 9.11. The summed E-state index contributed by atoms with van der Waals surface area (Å²) in [6, 6.07) is 8.43. The van der Waals surface area contributed by atoms with Crippen LogP contribution >= 0.6 is 0 Å². The smallest absolute Gasteiger partial charge is 0.122 e. The topological polar surface area (TPSA) is 73.3 Å². The molecule has 18 heavy (non-hydrogen) atoms. The van der Waals surface area contributed by atoms with Crippen molar-refractivity contribution in [1.29, 1.82) is 5.41 Å². The molecule has 4 heteroatoms. The number of nitrogens with one attached hydrogen (secondary N) is 1. The summed E-state index contributed by atoms with van der Waals surface area (Å²) in [4.78, 5) is 2.34. The van der Waals surface area contributed by atoms with Gasteiger partial charge in [0.15, 0.2) is 0 Å². The van der Waals surface area contributed by atoms with Crippen molar-refractivity contribution in [1.82, 2.24) is 4.90 Å². The van der Waals surface area contributed by atoms with Crippen molar-refractivity contribution < 1.29 is 5.11 Å². The lowest BCUT2D eigenvalue weighted by Crippen LogP contribution is -2.41. The Labute approximate surface area is 108 Å². The predicted octanol–water partition coefficient (Wildman–Crippen LogP) is 1.32. The second-order valence-electron chi connectivity index (χ2n) is 4.89. The molecule has 98 valence electrons. The van der Waals surface area contributed by atoms with Gasteiger partial charge >= 0.3 is 0 Å². The number of aliphatic hydroxyl groups excluding tert-OH is 1. The van der Waals surface area contributed by atoms with Crippen LogP contribution in [0.1, 0.15) is 30.4 Å². The molecule has 0 atom stereocenters. The minimum absolute atomic E-state index is 0.104. The number of nitrogens with two attached hydrogens (primary N) is 1. The van der Waals surface area contributed by atoms with Gasteiger partial charge in [-0.15, -0.1) is 0 Å². The lowest BCUT2D eigenvalue weighted by molar-refractivity contribution is 0.0945. The average molecular weight is 247 g/mol. The van der Waals surface area contributed by atoms with E-state index in [1.807, 2.05) is 24.3 Å². The van der Waals surface area contributed by atoms with Gasteiger partial charge < -0.3 is 10.8 Å². The molecule has 0 radical (unpaired) electrons. The van der Waals surface area contributed by atoms with Crippen molar-refractivity contribution in [3.8, 4) is 0 Å². The second-order valence-corrected chi connectivity index (χ2v) is 4.89. The van der Waals surface area contributed by atoms with Gasteiger partial charge in [0.05, 0.1) is 6.61 Å². The lowest BCUT2D eigenvalue weighted by Gasteiger charge is -2.37. The fourth-order valence-corrected chi connectivity index (χ4v) is 2.30. The summed E-state index contributed by atoms with van der Waals surface area (Å²) in [5.41, 5.74) is 7.40. The third-order valence-corrected chi connectivity index (χ3v) is 3.63. The number of nitrogens with zero attached hydrogens (tertiary/aromatic N) is 1.